The van der Waals surface area contributed by atoms with E-state index in [1.165, 1.54) is 0 Å². The second kappa shape index (κ2) is 5.82. The second-order valence-electron chi connectivity index (χ2n) is 3.00. The molecule has 5 nitrogen and oxygen atoms in total. The van der Waals surface area contributed by atoms with Crippen molar-refractivity contribution in [1.29, 1.82) is 0 Å². The van der Waals surface area contributed by atoms with Crippen LogP contribution in [0.1, 0.15) is 5.56 Å². The summed E-state index contributed by atoms with van der Waals surface area (Å²) in [6, 6.07) is 6.63. The highest BCUT2D eigenvalue weighted by atomic mass is 31.2. The van der Waals surface area contributed by atoms with E-state index in [-0.39, 0.29) is 6.73 Å². The topological polar surface area (TPSA) is 81.8 Å². The summed E-state index contributed by atoms with van der Waals surface area (Å²) >= 11 is 0. The maximum atomic E-state index is 11.2. The van der Waals surface area contributed by atoms with Crippen LogP contribution in [0.25, 0.3) is 0 Å². The standard InChI is InChI=1S/C10H14NO4P/c1-2-16(12,13)15-10-5-3-9(4-6-10)7-14-8-11/h2-6H,1,7-8,11H2,(H,12,13). The van der Waals surface area contributed by atoms with Crippen molar-refractivity contribution >= 4 is 7.60 Å². The first-order valence-electron chi connectivity index (χ1n) is 4.60. The van der Waals surface area contributed by atoms with Gasteiger partial charge in [-0.15, -0.1) is 0 Å². The molecule has 0 bridgehead atoms. The van der Waals surface area contributed by atoms with Crippen molar-refractivity contribution in [3.05, 3.63) is 42.2 Å². The maximum absolute atomic E-state index is 11.2. The lowest BCUT2D eigenvalue weighted by atomic mass is 10.2. The Morgan fingerprint density at radius 2 is 2.06 bits per heavy atom. The molecule has 1 rings (SSSR count). The lowest BCUT2D eigenvalue weighted by molar-refractivity contribution is 0.127. The number of benzene rings is 1. The van der Waals surface area contributed by atoms with Gasteiger partial charge >= 0.3 is 7.60 Å². The summed E-state index contributed by atoms with van der Waals surface area (Å²) in [6.07, 6.45) is 0. The molecule has 1 aromatic rings. The first-order chi connectivity index (χ1) is 7.57. The Labute approximate surface area is 94.0 Å². The van der Waals surface area contributed by atoms with E-state index in [1.54, 1.807) is 24.3 Å². The first kappa shape index (κ1) is 12.9. The van der Waals surface area contributed by atoms with Crippen molar-refractivity contribution in [3.63, 3.8) is 0 Å². The smallest absolute Gasteiger partial charge is 0.400 e. The first-order valence-corrected chi connectivity index (χ1v) is 6.24. The normalized spacial score (nSPS) is 14.1. The zero-order valence-corrected chi connectivity index (χ0v) is 9.60. The van der Waals surface area contributed by atoms with Crippen LogP contribution in [0.3, 0.4) is 0 Å². The minimum absolute atomic E-state index is 0.153. The molecule has 0 amide bonds. The van der Waals surface area contributed by atoms with E-state index in [4.69, 9.17) is 19.9 Å². The van der Waals surface area contributed by atoms with E-state index in [1.807, 2.05) is 0 Å². The van der Waals surface area contributed by atoms with Gasteiger partial charge in [0.15, 0.2) is 0 Å². The number of rotatable bonds is 6. The Hall–Kier alpha value is -1.13. The van der Waals surface area contributed by atoms with Crippen LogP contribution in [0.4, 0.5) is 0 Å². The van der Waals surface area contributed by atoms with Gasteiger partial charge in [-0.05, 0) is 17.7 Å². The van der Waals surface area contributed by atoms with Crippen molar-refractivity contribution in [2.45, 2.75) is 6.61 Å². The lowest BCUT2D eigenvalue weighted by Gasteiger charge is -2.09. The Balaban J connectivity index is 2.64. The third kappa shape index (κ3) is 4.16. The molecule has 0 fully saturated rings. The number of nitrogens with two attached hydrogens (primary N) is 1. The summed E-state index contributed by atoms with van der Waals surface area (Å²) in [4.78, 5) is 9.16. The highest BCUT2D eigenvalue weighted by Gasteiger charge is 2.14. The summed E-state index contributed by atoms with van der Waals surface area (Å²) in [6.45, 7) is 3.77. The van der Waals surface area contributed by atoms with Crippen molar-refractivity contribution in [3.8, 4) is 5.75 Å². The van der Waals surface area contributed by atoms with Crippen LogP contribution in [-0.2, 0) is 15.9 Å². The van der Waals surface area contributed by atoms with E-state index in [9.17, 15) is 4.57 Å². The Kier molecular flexibility index (Phi) is 4.71. The quantitative estimate of drug-likeness (QED) is 0.588. The van der Waals surface area contributed by atoms with Crippen LogP contribution in [0, 0.1) is 0 Å². The van der Waals surface area contributed by atoms with Crippen molar-refractivity contribution in [2.24, 2.45) is 5.73 Å². The fourth-order valence-corrected chi connectivity index (χ4v) is 1.51. The number of hydrogen-bond donors (Lipinski definition) is 2. The van der Waals surface area contributed by atoms with Crippen molar-refractivity contribution < 1.29 is 18.7 Å². The molecule has 88 valence electrons. The van der Waals surface area contributed by atoms with Gasteiger partial charge in [0.2, 0.25) is 0 Å². The molecule has 6 heteroatoms. The minimum Gasteiger partial charge on any atom is -0.422 e. The lowest BCUT2D eigenvalue weighted by Crippen LogP contribution is -2.04. The average molecular weight is 243 g/mol. The van der Waals surface area contributed by atoms with Gasteiger partial charge in [-0.3, -0.25) is 0 Å². The summed E-state index contributed by atoms with van der Waals surface area (Å²) in [5.74, 6) is 1.19. The number of hydrogen-bond acceptors (Lipinski definition) is 4. The molecule has 0 saturated carbocycles. The van der Waals surface area contributed by atoms with Crippen LogP contribution < -0.4 is 10.3 Å². The molecule has 0 aromatic heterocycles. The molecular weight excluding hydrogens is 229 g/mol. The van der Waals surface area contributed by atoms with Gasteiger partial charge in [0.25, 0.3) is 0 Å². The predicted octanol–water partition coefficient (Wildman–Crippen LogP) is 1.83. The fraction of sp³-hybridized carbons (Fsp3) is 0.200. The monoisotopic (exact) mass is 243 g/mol. The molecule has 0 heterocycles. The van der Waals surface area contributed by atoms with Gasteiger partial charge in [0.1, 0.15) is 5.75 Å². The molecule has 0 saturated heterocycles. The fourth-order valence-electron chi connectivity index (χ4n) is 1.01. The van der Waals surface area contributed by atoms with E-state index >= 15 is 0 Å². The molecule has 1 aromatic carbocycles. The molecule has 1 atom stereocenters. The zero-order chi connectivity index (χ0) is 12.0. The van der Waals surface area contributed by atoms with E-state index in [0.29, 0.717) is 12.4 Å². The number of ether oxygens (including phenoxy) is 1. The molecule has 0 aliphatic carbocycles. The Morgan fingerprint density at radius 1 is 1.44 bits per heavy atom. The average Bonchev–Trinajstić information content (AvgIpc) is 2.28. The third-order valence-electron chi connectivity index (χ3n) is 1.78. The van der Waals surface area contributed by atoms with E-state index < -0.39 is 7.60 Å². The third-order valence-corrected chi connectivity index (χ3v) is 2.71. The second-order valence-corrected chi connectivity index (χ2v) is 4.67. The van der Waals surface area contributed by atoms with Crippen LogP contribution in [0.5, 0.6) is 5.75 Å². The van der Waals surface area contributed by atoms with Gasteiger partial charge in [0, 0.05) is 5.82 Å². The predicted molar refractivity (Wildman–Crippen MR) is 60.9 cm³/mol. The maximum Gasteiger partial charge on any atom is 0.400 e. The highest BCUT2D eigenvalue weighted by Crippen LogP contribution is 2.43. The summed E-state index contributed by atoms with van der Waals surface area (Å²) < 4.78 is 21.0. The van der Waals surface area contributed by atoms with Crippen LogP contribution in [0.15, 0.2) is 36.7 Å². The van der Waals surface area contributed by atoms with Crippen molar-refractivity contribution in [2.75, 3.05) is 6.73 Å². The highest BCUT2D eigenvalue weighted by molar-refractivity contribution is 7.56. The largest absolute Gasteiger partial charge is 0.422 e. The van der Waals surface area contributed by atoms with Crippen LogP contribution in [0.2, 0.25) is 0 Å². The summed E-state index contributed by atoms with van der Waals surface area (Å²) in [5, 5.41) is 0. The molecular formula is C10H14NO4P. The zero-order valence-electron chi connectivity index (χ0n) is 8.70. The Morgan fingerprint density at radius 3 is 2.56 bits per heavy atom. The van der Waals surface area contributed by atoms with Crippen LogP contribution >= 0.6 is 7.60 Å². The summed E-state index contributed by atoms with van der Waals surface area (Å²) in [5.41, 5.74) is 6.09. The summed E-state index contributed by atoms with van der Waals surface area (Å²) in [7, 11) is -3.72. The molecule has 0 radical (unpaired) electrons. The van der Waals surface area contributed by atoms with Gasteiger partial charge in [-0.25, -0.2) is 4.57 Å². The Bertz CT molecular complexity index is 390. The molecule has 0 aliphatic heterocycles. The molecule has 0 aliphatic rings. The van der Waals surface area contributed by atoms with Gasteiger partial charge < -0.3 is 19.9 Å². The van der Waals surface area contributed by atoms with Gasteiger partial charge in [-0.2, -0.15) is 0 Å². The van der Waals surface area contributed by atoms with Gasteiger partial charge in [-0.1, -0.05) is 18.7 Å². The van der Waals surface area contributed by atoms with E-state index in [0.717, 1.165) is 11.4 Å². The van der Waals surface area contributed by atoms with Crippen LogP contribution in [-0.4, -0.2) is 11.6 Å². The van der Waals surface area contributed by atoms with Gasteiger partial charge in [0.05, 0.1) is 13.3 Å². The molecule has 0 spiro atoms. The molecule has 3 N–H and O–H groups in total. The van der Waals surface area contributed by atoms with E-state index in [2.05, 4.69) is 6.58 Å². The molecule has 1 unspecified atom stereocenters. The van der Waals surface area contributed by atoms with Crippen molar-refractivity contribution in [1.82, 2.24) is 0 Å². The SMILES string of the molecule is C=CP(=O)(O)Oc1ccc(COCN)cc1. The molecule has 16 heavy (non-hydrogen) atoms. The minimum atomic E-state index is -3.72.